The van der Waals surface area contributed by atoms with Gasteiger partial charge in [-0.15, -0.1) is 11.3 Å². The first-order valence-corrected chi connectivity index (χ1v) is 12.3. The average Bonchev–Trinajstić information content (AvgIpc) is 3.27. The lowest BCUT2D eigenvalue weighted by Gasteiger charge is -2.24. The maximum atomic E-state index is 14.5. The third-order valence-electron chi connectivity index (χ3n) is 4.38. The molecule has 10 heteroatoms. The Hall–Kier alpha value is -3.24. The molecule has 0 aliphatic rings. The number of nitrogens with one attached hydrogen (secondary N) is 2. The van der Waals surface area contributed by atoms with Gasteiger partial charge in [0.2, 0.25) is 5.91 Å². The summed E-state index contributed by atoms with van der Waals surface area (Å²) in [6.07, 6.45) is 0. The molecule has 2 N–H and O–H groups in total. The van der Waals surface area contributed by atoms with Crippen LogP contribution in [0.2, 0.25) is 0 Å². The van der Waals surface area contributed by atoms with Gasteiger partial charge in [-0.05, 0) is 56.5 Å². The van der Waals surface area contributed by atoms with E-state index >= 15 is 0 Å². The van der Waals surface area contributed by atoms with Crippen molar-refractivity contribution in [3.63, 3.8) is 0 Å². The summed E-state index contributed by atoms with van der Waals surface area (Å²) < 4.78 is 41.6. The SMILES string of the molecule is CC(C)(C)NC(=O)c1ccccc1NC(=O)CN(c1ccccc1F)S(=O)(=O)c1cccs1. The van der Waals surface area contributed by atoms with E-state index in [-0.39, 0.29) is 21.1 Å². The van der Waals surface area contributed by atoms with Gasteiger partial charge in [0.1, 0.15) is 16.6 Å². The van der Waals surface area contributed by atoms with E-state index in [1.54, 1.807) is 29.6 Å². The summed E-state index contributed by atoms with van der Waals surface area (Å²) in [5.74, 6) is -1.90. The fourth-order valence-electron chi connectivity index (χ4n) is 2.99. The lowest BCUT2D eigenvalue weighted by atomic mass is 10.1. The second-order valence-corrected chi connectivity index (χ2v) is 11.2. The number of rotatable bonds is 7. The van der Waals surface area contributed by atoms with Crippen LogP contribution in [0.25, 0.3) is 0 Å². The standard InChI is InChI=1S/C23H24FN3O4S2/c1-23(2,3)26-22(29)16-9-4-6-11-18(16)25-20(28)15-27(19-12-7-5-10-17(19)24)33(30,31)21-13-8-14-32-21/h4-14H,15H2,1-3H3,(H,25,28)(H,26,29). The van der Waals surface area contributed by atoms with Crippen molar-refractivity contribution in [2.24, 2.45) is 0 Å². The van der Waals surface area contributed by atoms with Crippen LogP contribution in [-0.2, 0) is 14.8 Å². The van der Waals surface area contributed by atoms with Gasteiger partial charge in [-0.25, -0.2) is 12.8 Å². The zero-order valence-electron chi connectivity index (χ0n) is 18.3. The van der Waals surface area contributed by atoms with Gasteiger partial charge in [-0.3, -0.25) is 13.9 Å². The molecule has 2 aromatic carbocycles. The Morgan fingerprint density at radius 1 is 1.00 bits per heavy atom. The number of halogens is 1. The van der Waals surface area contributed by atoms with Crippen LogP contribution in [0.3, 0.4) is 0 Å². The minimum atomic E-state index is -4.20. The maximum absolute atomic E-state index is 14.5. The first-order chi connectivity index (χ1) is 15.5. The quantitative estimate of drug-likeness (QED) is 0.519. The predicted octanol–water partition coefficient (Wildman–Crippen LogP) is 4.25. The summed E-state index contributed by atoms with van der Waals surface area (Å²) in [6, 6.07) is 14.7. The molecule has 0 spiro atoms. The lowest BCUT2D eigenvalue weighted by Crippen LogP contribution is -2.41. The van der Waals surface area contributed by atoms with Crippen LogP contribution in [0.1, 0.15) is 31.1 Å². The lowest BCUT2D eigenvalue weighted by molar-refractivity contribution is -0.114. The molecule has 0 fully saturated rings. The maximum Gasteiger partial charge on any atom is 0.274 e. The normalized spacial score (nSPS) is 11.6. The van der Waals surface area contributed by atoms with Crippen molar-refractivity contribution in [2.45, 2.75) is 30.5 Å². The van der Waals surface area contributed by atoms with E-state index in [1.165, 1.54) is 30.3 Å². The topological polar surface area (TPSA) is 95.6 Å². The van der Waals surface area contributed by atoms with Gasteiger partial charge in [-0.1, -0.05) is 30.3 Å². The summed E-state index contributed by atoms with van der Waals surface area (Å²) >= 11 is 0.965. The van der Waals surface area contributed by atoms with E-state index in [2.05, 4.69) is 10.6 Å². The number of hydrogen-bond donors (Lipinski definition) is 2. The molecule has 0 aliphatic heterocycles. The number of anilines is 2. The highest BCUT2D eigenvalue weighted by molar-refractivity contribution is 7.94. The van der Waals surface area contributed by atoms with Crippen LogP contribution in [0.4, 0.5) is 15.8 Å². The smallest absolute Gasteiger partial charge is 0.274 e. The van der Waals surface area contributed by atoms with Crippen LogP contribution in [-0.4, -0.2) is 32.3 Å². The zero-order chi connectivity index (χ0) is 24.2. The third-order valence-corrected chi connectivity index (χ3v) is 7.51. The van der Waals surface area contributed by atoms with Gasteiger partial charge >= 0.3 is 0 Å². The highest BCUT2D eigenvalue weighted by Crippen LogP contribution is 2.28. The number of benzene rings is 2. The van der Waals surface area contributed by atoms with Crippen LogP contribution in [0.15, 0.2) is 70.3 Å². The molecule has 7 nitrogen and oxygen atoms in total. The minimum Gasteiger partial charge on any atom is -0.347 e. The number of sulfonamides is 1. The number of nitrogens with zero attached hydrogens (tertiary/aromatic N) is 1. The van der Waals surface area contributed by atoms with Crippen LogP contribution in [0.5, 0.6) is 0 Å². The van der Waals surface area contributed by atoms with Crippen molar-refractivity contribution in [1.82, 2.24) is 5.32 Å². The molecule has 33 heavy (non-hydrogen) atoms. The van der Waals surface area contributed by atoms with Crippen LogP contribution >= 0.6 is 11.3 Å². The Morgan fingerprint density at radius 2 is 1.67 bits per heavy atom. The third kappa shape index (κ3) is 5.96. The van der Waals surface area contributed by atoms with Crippen molar-refractivity contribution in [2.75, 3.05) is 16.2 Å². The van der Waals surface area contributed by atoms with E-state index in [9.17, 15) is 22.4 Å². The Bertz CT molecular complexity index is 1250. The fourth-order valence-corrected chi connectivity index (χ4v) is 5.52. The molecule has 0 atom stereocenters. The predicted molar refractivity (Wildman–Crippen MR) is 128 cm³/mol. The molecular weight excluding hydrogens is 465 g/mol. The van der Waals surface area contributed by atoms with Crippen molar-refractivity contribution in [3.8, 4) is 0 Å². The molecule has 3 rings (SSSR count). The first kappa shape index (κ1) is 24.4. The van der Waals surface area contributed by atoms with Crippen molar-refractivity contribution < 1.29 is 22.4 Å². The average molecular weight is 490 g/mol. The zero-order valence-corrected chi connectivity index (χ0v) is 20.0. The second-order valence-electron chi connectivity index (χ2n) is 8.19. The molecule has 3 aromatic rings. The molecule has 0 aliphatic carbocycles. The summed E-state index contributed by atoms with van der Waals surface area (Å²) in [5, 5.41) is 6.99. The van der Waals surface area contributed by atoms with Crippen molar-refractivity contribution >= 4 is 44.5 Å². The van der Waals surface area contributed by atoms with Gasteiger partial charge in [0.05, 0.1) is 16.9 Å². The molecule has 0 saturated heterocycles. The van der Waals surface area contributed by atoms with Crippen molar-refractivity contribution in [3.05, 3.63) is 77.4 Å². The Kier molecular flexibility index (Phi) is 7.19. The summed E-state index contributed by atoms with van der Waals surface area (Å²) in [7, 11) is -4.20. The van der Waals surface area contributed by atoms with Crippen LogP contribution in [0, 0.1) is 5.82 Å². The molecule has 174 valence electrons. The molecule has 0 bridgehead atoms. The fraction of sp³-hybridized carbons (Fsp3) is 0.217. The molecule has 2 amide bonds. The summed E-state index contributed by atoms with van der Waals surface area (Å²) in [6.45, 7) is 4.80. The van der Waals surface area contributed by atoms with Gasteiger partial charge in [-0.2, -0.15) is 0 Å². The number of carbonyl (C=O) groups excluding carboxylic acids is 2. The summed E-state index contributed by atoms with van der Waals surface area (Å²) in [4.78, 5) is 25.6. The van der Waals surface area contributed by atoms with Crippen molar-refractivity contribution in [1.29, 1.82) is 0 Å². The molecule has 0 radical (unpaired) electrons. The number of hydrogen-bond acceptors (Lipinski definition) is 5. The Morgan fingerprint density at radius 3 is 2.30 bits per heavy atom. The van der Waals surface area contributed by atoms with E-state index in [1.807, 2.05) is 20.8 Å². The van der Waals surface area contributed by atoms with Gasteiger partial charge in [0.25, 0.3) is 15.9 Å². The Labute approximate surface area is 196 Å². The number of thiophene rings is 1. The molecule has 1 heterocycles. The number of carbonyl (C=O) groups is 2. The largest absolute Gasteiger partial charge is 0.347 e. The van der Waals surface area contributed by atoms with E-state index in [4.69, 9.17) is 0 Å². The minimum absolute atomic E-state index is 0.0245. The Balaban J connectivity index is 1.91. The van der Waals surface area contributed by atoms with E-state index in [0.29, 0.717) is 0 Å². The molecule has 0 unspecified atom stereocenters. The molecule has 0 saturated carbocycles. The monoisotopic (exact) mass is 489 g/mol. The van der Waals surface area contributed by atoms with E-state index < -0.39 is 39.7 Å². The van der Waals surface area contributed by atoms with Gasteiger partial charge in [0, 0.05) is 5.54 Å². The van der Waals surface area contributed by atoms with Crippen LogP contribution < -0.4 is 14.9 Å². The number of para-hydroxylation sites is 2. The number of amides is 2. The molecule has 1 aromatic heterocycles. The summed E-state index contributed by atoms with van der Waals surface area (Å²) in [5.41, 5.74) is -0.310. The highest BCUT2D eigenvalue weighted by atomic mass is 32.2. The van der Waals surface area contributed by atoms with Gasteiger partial charge < -0.3 is 10.6 Å². The first-order valence-electron chi connectivity index (χ1n) is 10.0. The second kappa shape index (κ2) is 9.72. The van der Waals surface area contributed by atoms with E-state index in [0.717, 1.165) is 21.7 Å². The highest BCUT2D eigenvalue weighted by Gasteiger charge is 2.30. The van der Waals surface area contributed by atoms with Gasteiger partial charge in [0.15, 0.2) is 0 Å². The molecular formula is C23H24FN3O4S2.